The van der Waals surface area contributed by atoms with E-state index in [4.69, 9.17) is 0 Å². The molecule has 0 bridgehead atoms. The highest BCUT2D eigenvalue weighted by Gasteiger charge is 2.23. The Morgan fingerprint density at radius 1 is 1.38 bits per heavy atom. The van der Waals surface area contributed by atoms with Gasteiger partial charge in [-0.25, -0.2) is 0 Å². The van der Waals surface area contributed by atoms with Crippen LogP contribution in [-0.4, -0.2) is 11.0 Å². The van der Waals surface area contributed by atoms with E-state index in [9.17, 15) is 0 Å². The minimum atomic E-state index is 0.587. The smallest absolute Gasteiger partial charge is 0.0455 e. The van der Waals surface area contributed by atoms with E-state index in [-0.39, 0.29) is 0 Å². The Balaban J connectivity index is 1.72. The lowest BCUT2D eigenvalue weighted by molar-refractivity contribution is 0.642. The van der Waals surface area contributed by atoms with Crippen LogP contribution in [0.15, 0.2) is 30.5 Å². The molecule has 1 aromatic carbocycles. The third-order valence-electron chi connectivity index (χ3n) is 3.35. The minimum Gasteiger partial charge on any atom is -0.383 e. The molecule has 0 spiro atoms. The number of aromatic amines is 1. The molecule has 1 atom stereocenters. The van der Waals surface area contributed by atoms with Gasteiger partial charge in [0.1, 0.15) is 0 Å². The zero-order valence-electron chi connectivity index (χ0n) is 9.66. The highest BCUT2D eigenvalue weighted by Crippen LogP contribution is 2.34. The van der Waals surface area contributed by atoms with E-state index in [1.54, 1.807) is 0 Å². The first kappa shape index (κ1) is 9.76. The highest BCUT2D eigenvalue weighted by atomic mass is 14.9. The summed E-state index contributed by atoms with van der Waals surface area (Å²) < 4.78 is 0. The lowest BCUT2D eigenvalue weighted by Gasteiger charge is -2.14. The van der Waals surface area contributed by atoms with Gasteiger partial charge in [-0.2, -0.15) is 0 Å². The van der Waals surface area contributed by atoms with Gasteiger partial charge in [0.2, 0.25) is 0 Å². The number of hydrogen-bond acceptors (Lipinski definition) is 1. The molecule has 1 saturated carbocycles. The number of hydrogen-bond donors (Lipinski definition) is 2. The van der Waals surface area contributed by atoms with E-state index in [1.165, 1.54) is 35.9 Å². The molecular weight excluding hydrogens is 196 g/mol. The Labute approximate surface area is 96.1 Å². The number of rotatable bonds is 4. The molecule has 0 radical (unpaired) electrons. The van der Waals surface area contributed by atoms with Gasteiger partial charge in [0.25, 0.3) is 0 Å². The van der Waals surface area contributed by atoms with Gasteiger partial charge in [-0.05, 0) is 43.5 Å². The van der Waals surface area contributed by atoms with Gasteiger partial charge in [-0.15, -0.1) is 0 Å². The molecule has 16 heavy (non-hydrogen) atoms. The fraction of sp³-hybridized carbons (Fsp3) is 0.429. The van der Waals surface area contributed by atoms with Crippen molar-refractivity contribution in [2.75, 3.05) is 5.32 Å². The summed E-state index contributed by atoms with van der Waals surface area (Å²) in [7, 11) is 0. The Bertz CT molecular complexity index is 482. The molecule has 84 valence electrons. The van der Waals surface area contributed by atoms with Crippen molar-refractivity contribution >= 4 is 16.6 Å². The molecule has 0 aliphatic heterocycles. The van der Waals surface area contributed by atoms with Gasteiger partial charge in [0.15, 0.2) is 0 Å². The predicted molar refractivity (Wildman–Crippen MR) is 68.7 cm³/mol. The molecule has 2 aromatic rings. The van der Waals surface area contributed by atoms with Gasteiger partial charge in [-0.3, -0.25) is 0 Å². The largest absolute Gasteiger partial charge is 0.383 e. The average Bonchev–Trinajstić information content (AvgIpc) is 2.95. The summed E-state index contributed by atoms with van der Waals surface area (Å²) in [6, 6.07) is 9.22. The van der Waals surface area contributed by atoms with Crippen LogP contribution in [0.4, 0.5) is 5.69 Å². The van der Waals surface area contributed by atoms with Gasteiger partial charge in [0, 0.05) is 28.8 Å². The first-order valence-electron chi connectivity index (χ1n) is 6.15. The molecule has 1 aromatic heterocycles. The standard InChI is InChI=1S/C14H18N2/c1-10(8-11-2-3-11)16-13-4-5-14-12(9-13)6-7-15-14/h4-7,9-11,15-16H,2-3,8H2,1H3. The number of nitrogens with one attached hydrogen (secondary N) is 2. The molecule has 1 unspecified atom stereocenters. The molecule has 1 aliphatic rings. The van der Waals surface area contributed by atoms with Gasteiger partial charge >= 0.3 is 0 Å². The highest BCUT2D eigenvalue weighted by molar-refractivity contribution is 5.82. The first-order chi connectivity index (χ1) is 7.81. The Kier molecular flexibility index (Phi) is 2.35. The van der Waals surface area contributed by atoms with E-state index in [0.29, 0.717) is 6.04 Å². The fourth-order valence-corrected chi connectivity index (χ4v) is 2.34. The van der Waals surface area contributed by atoms with Crippen molar-refractivity contribution in [3.8, 4) is 0 Å². The summed E-state index contributed by atoms with van der Waals surface area (Å²) in [5.41, 5.74) is 2.45. The van der Waals surface area contributed by atoms with Gasteiger partial charge in [-0.1, -0.05) is 12.8 Å². The van der Waals surface area contributed by atoms with E-state index in [0.717, 1.165) is 5.92 Å². The first-order valence-corrected chi connectivity index (χ1v) is 6.15. The molecule has 2 nitrogen and oxygen atoms in total. The lowest BCUT2D eigenvalue weighted by atomic mass is 10.1. The molecule has 1 aliphatic carbocycles. The molecule has 0 saturated heterocycles. The predicted octanol–water partition coefficient (Wildman–Crippen LogP) is 3.77. The topological polar surface area (TPSA) is 27.8 Å². The SMILES string of the molecule is CC(CC1CC1)Nc1ccc2[nH]ccc2c1. The zero-order chi connectivity index (χ0) is 11.0. The average molecular weight is 214 g/mol. The second-order valence-corrected chi connectivity index (χ2v) is 5.00. The van der Waals surface area contributed by atoms with E-state index in [2.05, 4.69) is 41.5 Å². The van der Waals surface area contributed by atoms with Crippen molar-refractivity contribution in [1.29, 1.82) is 0 Å². The second-order valence-electron chi connectivity index (χ2n) is 5.00. The van der Waals surface area contributed by atoms with Crippen LogP contribution >= 0.6 is 0 Å². The molecule has 2 heteroatoms. The number of benzene rings is 1. The summed E-state index contributed by atoms with van der Waals surface area (Å²) in [6.07, 6.45) is 6.17. The summed E-state index contributed by atoms with van der Waals surface area (Å²) in [4.78, 5) is 3.21. The third kappa shape index (κ3) is 2.06. The van der Waals surface area contributed by atoms with Gasteiger partial charge < -0.3 is 10.3 Å². The Morgan fingerprint density at radius 3 is 3.06 bits per heavy atom. The normalized spacial score (nSPS) is 17.6. The zero-order valence-corrected chi connectivity index (χ0v) is 9.66. The van der Waals surface area contributed by atoms with Crippen molar-refractivity contribution in [2.45, 2.75) is 32.2 Å². The Morgan fingerprint density at radius 2 is 2.25 bits per heavy atom. The maximum Gasteiger partial charge on any atom is 0.0455 e. The van der Waals surface area contributed by atoms with E-state index < -0.39 is 0 Å². The van der Waals surface area contributed by atoms with Crippen LogP contribution in [0.2, 0.25) is 0 Å². The summed E-state index contributed by atoms with van der Waals surface area (Å²) in [5.74, 6) is 0.985. The van der Waals surface area contributed by atoms with Crippen molar-refractivity contribution in [3.05, 3.63) is 30.5 Å². The molecule has 2 N–H and O–H groups in total. The molecule has 0 amide bonds. The third-order valence-corrected chi connectivity index (χ3v) is 3.35. The van der Waals surface area contributed by atoms with Crippen molar-refractivity contribution in [1.82, 2.24) is 4.98 Å². The van der Waals surface area contributed by atoms with Crippen LogP contribution < -0.4 is 5.32 Å². The van der Waals surface area contributed by atoms with Gasteiger partial charge in [0.05, 0.1) is 0 Å². The van der Waals surface area contributed by atoms with Crippen LogP contribution in [0.5, 0.6) is 0 Å². The number of H-pyrrole nitrogens is 1. The van der Waals surface area contributed by atoms with Crippen LogP contribution in [0, 0.1) is 5.92 Å². The molecule has 1 fully saturated rings. The van der Waals surface area contributed by atoms with Crippen LogP contribution in [0.3, 0.4) is 0 Å². The van der Waals surface area contributed by atoms with Crippen LogP contribution in [0.1, 0.15) is 26.2 Å². The van der Waals surface area contributed by atoms with Crippen LogP contribution in [-0.2, 0) is 0 Å². The fourth-order valence-electron chi connectivity index (χ4n) is 2.34. The minimum absolute atomic E-state index is 0.587. The maximum atomic E-state index is 3.58. The van der Waals surface area contributed by atoms with E-state index in [1.807, 2.05) is 6.20 Å². The second kappa shape index (κ2) is 3.85. The summed E-state index contributed by atoms with van der Waals surface area (Å²) >= 11 is 0. The number of fused-ring (bicyclic) bond motifs is 1. The quantitative estimate of drug-likeness (QED) is 0.796. The molecule has 3 rings (SSSR count). The van der Waals surface area contributed by atoms with Crippen molar-refractivity contribution < 1.29 is 0 Å². The molecular formula is C14H18N2. The maximum absolute atomic E-state index is 3.58. The number of anilines is 1. The van der Waals surface area contributed by atoms with E-state index >= 15 is 0 Å². The van der Waals surface area contributed by atoms with Crippen molar-refractivity contribution in [2.24, 2.45) is 5.92 Å². The summed E-state index contributed by atoms with van der Waals surface area (Å²) in [6.45, 7) is 2.28. The Hall–Kier alpha value is -1.44. The lowest BCUT2D eigenvalue weighted by Crippen LogP contribution is -2.15. The van der Waals surface area contributed by atoms with Crippen LogP contribution in [0.25, 0.3) is 10.9 Å². The summed E-state index contributed by atoms with van der Waals surface area (Å²) in [5, 5.41) is 4.86. The molecule has 1 heterocycles. The monoisotopic (exact) mass is 214 g/mol. The number of aromatic nitrogens is 1. The van der Waals surface area contributed by atoms with Crippen molar-refractivity contribution in [3.63, 3.8) is 0 Å².